The van der Waals surface area contributed by atoms with E-state index in [1.54, 1.807) is 0 Å². The number of nitrogens with zero attached hydrogens (tertiary/aromatic N) is 2. The van der Waals surface area contributed by atoms with E-state index in [2.05, 4.69) is 14.2 Å². The molecule has 0 unspecified atom stereocenters. The van der Waals surface area contributed by atoms with Crippen LogP contribution in [0.4, 0.5) is 0 Å². The highest BCUT2D eigenvalue weighted by Gasteiger charge is 2.30. The average Bonchev–Trinajstić information content (AvgIpc) is 3.10. The van der Waals surface area contributed by atoms with E-state index in [0.29, 0.717) is 30.8 Å². The number of carbonyl (C=O) groups is 3. The maximum Gasteiger partial charge on any atom is 0.340 e. The third-order valence-electron chi connectivity index (χ3n) is 5.68. The van der Waals surface area contributed by atoms with Gasteiger partial charge in [-0.25, -0.2) is 27.5 Å². The molecule has 2 heterocycles. The summed E-state index contributed by atoms with van der Waals surface area (Å²) in [4.78, 5) is 33.9. The van der Waals surface area contributed by atoms with Crippen molar-refractivity contribution < 1.29 is 37.8 Å². The Morgan fingerprint density at radius 1 is 1.11 bits per heavy atom. The number of sulfonamides is 1. The summed E-state index contributed by atoms with van der Waals surface area (Å²) in [6.07, 6.45) is 4.14. The monoisotopic (exact) mass is 509 g/mol. The van der Waals surface area contributed by atoms with Crippen molar-refractivity contribution in [2.24, 2.45) is 7.05 Å². The average molecular weight is 510 g/mol. The van der Waals surface area contributed by atoms with Crippen molar-refractivity contribution >= 4 is 38.8 Å². The predicted octanol–water partition coefficient (Wildman–Crippen LogP) is 1.41. The van der Waals surface area contributed by atoms with E-state index in [1.165, 1.54) is 13.4 Å². The number of likely N-dealkylation sites (tertiary alicyclic amines) is 1. The van der Waals surface area contributed by atoms with Crippen LogP contribution in [0.15, 0.2) is 36.4 Å². The van der Waals surface area contributed by atoms with E-state index in [9.17, 15) is 22.8 Å². The van der Waals surface area contributed by atoms with Crippen LogP contribution in [-0.4, -0.2) is 85.6 Å². The lowest BCUT2D eigenvalue weighted by molar-refractivity contribution is -0.134. The standard InChI is InChI=1S/C19H27N3O4S.C4H4O4/c1-21-16-7-5-4-6-15(16)17(19(23)26-2)18(21)14-8-11-22(12-9-14)13-10-20-27(3,24)25;5-3(6)1-2-4(7)8/h4-7,14,20H,8-13H2,1-3H3;1-2H,(H,5,6)(H,7,8)/b;2-1-. The summed E-state index contributed by atoms with van der Waals surface area (Å²) in [5, 5.41) is 16.6. The molecule has 1 aliphatic rings. The number of carbonyl (C=O) groups excluding carboxylic acids is 1. The van der Waals surface area contributed by atoms with Gasteiger partial charge in [0.2, 0.25) is 10.0 Å². The van der Waals surface area contributed by atoms with Crippen molar-refractivity contribution in [2.75, 3.05) is 39.5 Å². The van der Waals surface area contributed by atoms with E-state index < -0.39 is 22.0 Å². The summed E-state index contributed by atoms with van der Waals surface area (Å²) in [5.74, 6) is -2.53. The second kappa shape index (κ2) is 12.5. The molecule has 35 heavy (non-hydrogen) atoms. The first kappa shape index (κ1) is 28.0. The van der Waals surface area contributed by atoms with Crippen molar-refractivity contribution in [2.45, 2.75) is 18.8 Å². The van der Waals surface area contributed by atoms with E-state index in [1.807, 2.05) is 31.3 Å². The van der Waals surface area contributed by atoms with Crippen LogP contribution in [-0.2, 0) is 31.4 Å². The fraction of sp³-hybridized carbons (Fsp3) is 0.435. The molecule has 1 fully saturated rings. The molecule has 0 saturated carbocycles. The maximum absolute atomic E-state index is 12.5. The summed E-state index contributed by atoms with van der Waals surface area (Å²) < 4.78 is 32.1. The number of benzene rings is 1. The number of carboxylic acid groups (broad SMARTS) is 2. The minimum absolute atomic E-state index is 0.274. The zero-order valence-corrected chi connectivity index (χ0v) is 20.7. The molecule has 0 atom stereocenters. The minimum Gasteiger partial charge on any atom is -0.478 e. The number of aliphatic carboxylic acids is 2. The number of carboxylic acids is 2. The number of methoxy groups -OCH3 is 1. The van der Waals surface area contributed by atoms with Crippen LogP contribution in [0, 0.1) is 0 Å². The molecule has 1 aromatic heterocycles. The van der Waals surface area contributed by atoms with Gasteiger partial charge in [0.25, 0.3) is 0 Å². The minimum atomic E-state index is -3.15. The SMILES string of the molecule is COC(=O)c1c(C2CCN(CCNS(C)(=O)=O)CC2)n(C)c2ccccc12.O=C(O)/C=C\C(=O)O. The van der Waals surface area contributed by atoms with Crippen LogP contribution in [0.2, 0.25) is 0 Å². The van der Waals surface area contributed by atoms with E-state index in [0.717, 1.165) is 42.5 Å². The molecule has 0 radical (unpaired) electrons. The number of fused-ring (bicyclic) bond motifs is 1. The number of nitrogens with one attached hydrogen (secondary N) is 1. The quantitative estimate of drug-likeness (QED) is 0.354. The molecule has 1 aliphatic heterocycles. The highest BCUT2D eigenvalue weighted by molar-refractivity contribution is 7.88. The van der Waals surface area contributed by atoms with Gasteiger partial charge in [0, 0.05) is 54.8 Å². The van der Waals surface area contributed by atoms with Crippen molar-refractivity contribution in [1.29, 1.82) is 0 Å². The van der Waals surface area contributed by atoms with Crippen molar-refractivity contribution in [3.8, 4) is 0 Å². The number of esters is 1. The summed E-state index contributed by atoms with van der Waals surface area (Å²) in [7, 11) is 0.280. The van der Waals surface area contributed by atoms with Gasteiger partial charge in [0.05, 0.1) is 18.9 Å². The van der Waals surface area contributed by atoms with E-state index in [-0.39, 0.29) is 11.9 Å². The molecule has 0 aliphatic carbocycles. The lowest BCUT2D eigenvalue weighted by Gasteiger charge is -2.32. The Morgan fingerprint density at radius 2 is 1.69 bits per heavy atom. The highest BCUT2D eigenvalue weighted by Crippen LogP contribution is 2.36. The van der Waals surface area contributed by atoms with Crippen LogP contribution in [0.5, 0.6) is 0 Å². The van der Waals surface area contributed by atoms with Gasteiger partial charge in [-0.05, 0) is 32.0 Å². The second-order valence-electron chi connectivity index (χ2n) is 8.12. The van der Waals surface area contributed by atoms with Crippen LogP contribution < -0.4 is 4.72 Å². The Kier molecular flexibility index (Phi) is 9.99. The smallest absolute Gasteiger partial charge is 0.340 e. The topological polar surface area (TPSA) is 155 Å². The molecule has 3 N–H and O–H groups in total. The Balaban J connectivity index is 0.000000466. The lowest BCUT2D eigenvalue weighted by atomic mass is 9.90. The fourth-order valence-electron chi connectivity index (χ4n) is 4.17. The zero-order chi connectivity index (χ0) is 26.2. The van der Waals surface area contributed by atoms with Crippen molar-refractivity contribution in [3.63, 3.8) is 0 Å². The molecular weight excluding hydrogens is 478 g/mol. The largest absolute Gasteiger partial charge is 0.478 e. The molecule has 0 amide bonds. The first-order valence-corrected chi connectivity index (χ1v) is 12.8. The first-order valence-electron chi connectivity index (χ1n) is 10.9. The van der Waals surface area contributed by atoms with Crippen LogP contribution >= 0.6 is 0 Å². The Hall–Kier alpha value is -3.22. The summed E-state index contributed by atoms with van der Waals surface area (Å²) in [6.45, 7) is 2.86. The molecule has 1 saturated heterocycles. The Labute approximate surface area is 204 Å². The van der Waals surface area contributed by atoms with Gasteiger partial charge in [-0.3, -0.25) is 0 Å². The normalized spacial score (nSPS) is 15.1. The molecule has 3 rings (SSSR count). The fourth-order valence-corrected chi connectivity index (χ4v) is 4.63. The molecule has 192 valence electrons. The maximum atomic E-state index is 12.5. The van der Waals surface area contributed by atoms with Gasteiger partial charge in [0.15, 0.2) is 0 Å². The zero-order valence-electron chi connectivity index (χ0n) is 19.9. The van der Waals surface area contributed by atoms with Gasteiger partial charge >= 0.3 is 17.9 Å². The Bertz CT molecular complexity index is 1180. The van der Waals surface area contributed by atoms with Gasteiger partial charge in [-0.15, -0.1) is 0 Å². The number of para-hydroxylation sites is 1. The number of hydrogen-bond donors (Lipinski definition) is 3. The second-order valence-corrected chi connectivity index (χ2v) is 9.95. The predicted molar refractivity (Wildman–Crippen MR) is 130 cm³/mol. The molecular formula is C23H31N3O8S. The number of rotatable bonds is 8. The Morgan fingerprint density at radius 3 is 2.20 bits per heavy atom. The van der Waals surface area contributed by atoms with E-state index >= 15 is 0 Å². The lowest BCUT2D eigenvalue weighted by Crippen LogP contribution is -2.39. The molecule has 0 spiro atoms. The third-order valence-corrected chi connectivity index (χ3v) is 6.41. The summed E-state index contributed by atoms with van der Waals surface area (Å²) >= 11 is 0. The van der Waals surface area contributed by atoms with Crippen LogP contribution in [0.25, 0.3) is 10.9 Å². The molecule has 11 nitrogen and oxygen atoms in total. The third kappa shape index (κ3) is 8.19. The highest BCUT2D eigenvalue weighted by atomic mass is 32.2. The molecule has 2 aromatic rings. The number of piperidine rings is 1. The first-order chi connectivity index (χ1) is 16.4. The molecule has 0 bridgehead atoms. The van der Waals surface area contributed by atoms with Crippen molar-refractivity contribution in [1.82, 2.24) is 14.2 Å². The van der Waals surface area contributed by atoms with E-state index in [4.69, 9.17) is 14.9 Å². The van der Waals surface area contributed by atoms with Crippen LogP contribution in [0.1, 0.15) is 34.8 Å². The number of aryl methyl sites for hydroxylation is 1. The van der Waals surface area contributed by atoms with Gasteiger partial charge in [0.1, 0.15) is 0 Å². The van der Waals surface area contributed by atoms with Gasteiger partial charge in [-0.2, -0.15) is 0 Å². The van der Waals surface area contributed by atoms with Gasteiger partial charge in [-0.1, -0.05) is 18.2 Å². The van der Waals surface area contributed by atoms with Crippen molar-refractivity contribution in [3.05, 3.63) is 47.7 Å². The van der Waals surface area contributed by atoms with Crippen LogP contribution in [0.3, 0.4) is 0 Å². The molecule has 1 aromatic carbocycles. The number of ether oxygens (including phenoxy) is 1. The molecule has 12 heteroatoms. The summed E-state index contributed by atoms with van der Waals surface area (Å²) in [5.41, 5.74) is 2.75. The van der Waals surface area contributed by atoms with Gasteiger partial charge < -0.3 is 24.4 Å². The summed E-state index contributed by atoms with van der Waals surface area (Å²) in [6, 6.07) is 7.91. The number of aromatic nitrogens is 1. The number of hydrogen-bond acceptors (Lipinski definition) is 7.